The van der Waals surface area contributed by atoms with Crippen molar-refractivity contribution in [3.8, 4) is 0 Å². The van der Waals surface area contributed by atoms with Gasteiger partial charge in [-0.2, -0.15) is 5.21 Å². The Labute approximate surface area is 139 Å². The number of tetrazole rings is 1. The molecule has 0 unspecified atom stereocenters. The molecule has 2 N–H and O–H groups in total. The molecule has 2 amide bonds. The van der Waals surface area contributed by atoms with Gasteiger partial charge in [0, 0.05) is 39.1 Å². The molecule has 2 aliphatic rings. The number of ether oxygens (including phenoxy) is 1. The Balaban J connectivity index is 1.45. The lowest BCUT2D eigenvalue weighted by Crippen LogP contribution is -2.49. The molecular weight excluding hydrogens is 314 g/mol. The standard InChI is InChI=1S/C14H23N7O3/c22-13-2-1-11(14(23)15-9-12-16-18-19-17-12)10-21(13)4-3-20-5-7-24-8-6-20/h11H,1-10H2,(H,15,23)(H,16,17,18,19)/t11-/m0/s1. The van der Waals surface area contributed by atoms with Crippen LogP contribution in [0, 0.1) is 5.92 Å². The molecule has 1 aromatic rings. The molecule has 2 fully saturated rings. The van der Waals surface area contributed by atoms with E-state index in [1.54, 1.807) is 4.90 Å². The van der Waals surface area contributed by atoms with Gasteiger partial charge >= 0.3 is 0 Å². The number of aromatic nitrogens is 4. The number of piperidine rings is 1. The highest BCUT2D eigenvalue weighted by atomic mass is 16.5. The number of amides is 2. The van der Waals surface area contributed by atoms with E-state index in [1.165, 1.54) is 0 Å². The molecular formula is C14H23N7O3. The number of aromatic amines is 1. The highest BCUT2D eigenvalue weighted by Crippen LogP contribution is 2.18. The van der Waals surface area contributed by atoms with Crippen molar-refractivity contribution in [2.75, 3.05) is 45.9 Å². The topological polar surface area (TPSA) is 116 Å². The highest BCUT2D eigenvalue weighted by molar-refractivity contribution is 5.83. The summed E-state index contributed by atoms with van der Waals surface area (Å²) in [5, 5.41) is 16.2. The summed E-state index contributed by atoms with van der Waals surface area (Å²) >= 11 is 0. The van der Waals surface area contributed by atoms with E-state index in [-0.39, 0.29) is 24.3 Å². The van der Waals surface area contributed by atoms with Gasteiger partial charge in [0.1, 0.15) is 0 Å². The molecule has 0 spiro atoms. The summed E-state index contributed by atoms with van der Waals surface area (Å²) in [7, 11) is 0. The minimum atomic E-state index is -0.181. The molecule has 1 aromatic heterocycles. The third kappa shape index (κ3) is 4.48. The first-order valence-electron chi connectivity index (χ1n) is 8.30. The number of carbonyl (C=O) groups is 2. The van der Waals surface area contributed by atoms with Gasteiger partial charge in [-0.3, -0.25) is 14.5 Å². The quantitative estimate of drug-likeness (QED) is 0.641. The van der Waals surface area contributed by atoms with E-state index in [4.69, 9.17) is 4.74 Å². The Bertz CT molecular complexity index is 545. The van der Waals surface area contributed by atoms with Crippen LogP contribution in [0.15, 0.2) is 0 Å². The molecule has 0 aromatic carbocycles. The van der Waals surface area contributed by atoms with Gasteiger partial charge in [0.25, 0.3) is 0 Å². The summed E-state index contributed by atoms with van der Waals surface area (Å²) in [6.45, 7) is 5.49. The number of H-pyrrole nitrogens is 1. The van der Waals surface area contributed by atoms with Crippen LogP contribution >= 0.6 is 0 Å². The lowest BCUT2D eigenvalue weighted by atomic mass is 9.96. The minimum Gasteiger partial charge on any atom is -0.379 e. The Morgan fingerprint density at radius 1 is 1.33 bits per heavy atom. The van der Waals surface area contributed by atoms with Gasteiger partial charge in [-0.05, 0) is 6.42 Å². The van der Waals surface area contributed by atoms with Crippen molar-refractivity contribution in [2.45, 2.75) is 19.4 Å². The van der Waals surface area contributed by atoms with Crippen LogP contribution < -0.4 is 5.32 Å². The Kier molecular flexibility index (Phi) is 5.70. The second-order valence-corrected chi connectivity index (χ2v) is 6.08. The fourth-order valence-corrected chi connectivity index (χ4v) is 3.00. The summed E-state index contributed by atoms with van der Waals surface area (Å²) in [6.07, 6.45) is 1.01. The van der Waals surface area contributed by atoms with Crippen LogP contribution in [0.1, 0.15) is 18.7 Å². The number of nitrogens with zero attached hydrogens (tertiary/aromatic N) is 5. The van der Waals surface area contributed by atoms with Crippen molar-refractivity contribution in [1.29, 1.82) is 0 Å². The van der Waals surface area contributed by atoms with Crippen molar-refractivity contribution in [1.82, 2.24) is 35.7 Å². The normalized spacial score (nSPS) is 22.6. The molecule has 2 saturated heterocycles. The van der Waals surface area contributed by atoms with Crippen LogP contribution in [-0.2, 0) is 20.9 Å². The van der Waals surface area contributed by atoms with Gasteiger partial charge in [0.05, 0.1) is 25.7 Å². The van der Waals surface area contributed by atoms with Crippen LogP contribution in [0.5, 0.6) is 0 Å². The Morgan fingerprint density at radius 3 is 2.92 bits per heavy atom. The van der Waals surface area contributed by atoms with Crippen molar-refractivity contribution in [3.63, 3.8) is 0 Å². The molecule has 10 nitrogen and oxygen atoms in total. The maximum Gasteiger partial charge on any atom is 0.225 e. The van der Waals surface area contributed by atoms with E-state index in [2.05, 4.69) is 30.8 Å². The third-order valence-electron chi connectivity index (χ3n) is 4.47. The first-order chi connectivity index (χ1) is 11.7. The molecule has 0 aliphatic carbocycles. The number of carbonyl (C=O) groups excluding carboxylic acids is 2. The van der Waals surface area contributed by atoms with Crippen molar-refractivity contribution in [3.05, 3.63) is 5.82 Å². The number of likely N-dealkylation sites (tertiary alicyclic amines) is 1. The van der Waals surface area contributed by atoms with Crippen LogP contribution in [0.3, 0.4) is 0 Å². The lowest BCUT2D eigenvalue weighted by molar-refractivity contribution is -0.138. The summed E-state index contributed by atoms with van der Waals surface area (Å²) in [6, 6.07) is 0. The second-order valence-electron chi connectivity index (χ2n) is 6.08. The van der Waals surface area contributed by atoms with E-state index < -0.39 is 0 Å². The van der Waals surface area contributed by atoms with Crippen LogP contribution in [-0.4, -0.2) is 88.2 Å². The van der Waals surface area contributed by atoms with E-state index >= 15 is 0 Å². The number of hydrogen-bond acceptors (Lipinski definition) is 7. The fourth-order valence-electron chi connectivity index (χ4n) is 3.00. The van der Waals surface area contributed by atoms with E-state index in [1.807, 2.05) is 0 Å². The van der Waals surface area contributed by atoms with Gasteiger partial charge in [0.2, 0.25) is 11.8 Å². The first kappa shape index (κ1) is 16.8. The monoisotopic (exact) mass is 337 g/mol. The molecule has 24 heavy (non-hydrogen) atoms. The van der Waals surface area contributed by atoms with Gasteiger partial charge in [-0.15, -0.1) is 10.2 Å². The maximum atomic E-state index is 12.3. The lowest BCUT2D eigenvalue weighted by Gasteiger charge is -2.34. The first-order valence-corrected chi connectivity index (χ1v) is 8.30. The average Bonchev–Trinajstić information content (AvgIpc) is 3.13. The predicted molar refractivity (Wildman–Crippen MR) is 82.6 cm³/mol. The fraction of sp³-hybridized carbons (Fsp3) is 0.786. The summed E-state index contributed by atoms with van der Waals surface area (Å²) < 4.78 is 5.33. The summed E-state index contributed by atoms with van der Waals surface area (Å²) in [5.74, 6) is 0.327. The van der Waals surface area contributed by atoms with Gasteiger partial charge in [-0.25, -0.2) is 0 Å². The number of hydrogen-bond donors (Lipinski definition) is 2. The molecule has 2 aliphatic heterocycles. The highest BCUT2D eigenvalue weighted by Gasteiger charge is 2.30. The molecule has 10 heteroatoms. The zero-order chi connectivity index (χ0) is 16.8. The van der Waals surface area contributed by atoms with Gasteiger partial charge < -0.3 is 15.0 Å². The van der Waals surface area contributed by atoms with Crippen LogP contribution in [0.2, 0.25) is 0 Å². The largest absolute Gasteiger partial charge is 0.379 e. The van der Waals surface area contributed by atoms with Crippen molar-refractivity contribution >= 4 is 11.8 Å². The van der Waals surface area contributed by atoms with Gasteiger partial charge in [-0.1, -0.05) is 5.21 Å². The molecule has 0 saturated carbocycles. The molecule has 3 heterocycles. The Hall–Kier alpha value is -2.07. The van der Waals surface area contributed by atoms with E-state index in [0.717, 1.165) is 32.8 Å². The second kappa shape index (κ2) is 8.15. The van der Waals surface area contributed by atoms with Gasteiger partial charge in [0.15, 0.2) is 5.82 Å². The Morgan fingerprint density at radius 2 is 2.17 bits per heavy atom. The molecule has 132 valence electrons. The van der Waals surface area contributed by atoms with Crippen LogP contribution in [0.4, 0.5) is 0 Å². The number of nitrogens with one attached hydrogen (secondary N) is 2. The minimum absolute atomic E-state index is 0.0660. The zero-order valence-corrected chi connectivity index (χ0v) is 13.6. The molecule has 0 radical (unpaired) electrons. The summed E-state index contributed by atoms with van der Waals surface area (Å²) in [5.41, 5.74) is 0. The van der Waals surface area contributed by atoms with Crippen molar-refractivity contribution < 1.29 is 14.3 Å². The van der Waals surface area contributed by atoms with Crippen LogP contribution in [0.25, 0.3) is 0 Å². The zero-order valence-electron chi connectivity index (χ0n) is 13.6. The molecule has 3 rings (SSSR count). The summed E-state index contributed by atoms with van der Waals surface area (Å²) in [4.78, 5) is 28.5. The molecule has 0 bridgehead atoms. The average molecular weight is 337 g/mol. The molecule has 1 atom stereocenters. The predicted octanol–water partition coefficient (Wildman–Crippen LogP) is -1.61. The smallest absolute Gasteiger partial charge is 0.225 e. The third-order valence-corrected chi connectivity index (χ3v) is 4.47. The SMILES string of the molecule is O=C(NCc1nn[nH]n1)[C@H]1CCC(=O)N(CCN2CCOCC2)C1. The van der Waals surface area contributed by atoms with Crippen molar-refractivity contribution in [2.24, 2.45) is 5.92 Å². The van der Waals surface area contributed by atoms with E-state index in [0.29, 0.717) is 31.8 Å². The maximum absolute atomic E-state index is 12.3. The van der Waals surface area contributed by atoms with E-state index in [9.17, 15) is 9.59 Å². The number of rotatable bonds is 6. The number of morpholine rings is 1.